The molecule has 1 amide bonds. The molecule has 2 rings (SSSR count). The number of carbonyl (C=O) groups excluding carboxylic acids is 1. The number of halogens is 1. The van der Waals surface area contributed by atoms with Gasteiger partial charge < -0.3 is 14.9 Å². The first-order valence-corrected chi connectivity index (χ1v) is 6.39. The fourth-order valence-corrected chi connectivity index (χ4v) is 2.49. The Morgan fingerprint density at radius 3 is 2.50 bits per heavy atom. The number of nitrogens with zero attached hydrogens (tertiary/aromatic N) is 2. The van der Waals surface area contributed by atoms with Crippen LogP contribution in [0.3, 0.4) is 0 Å². The van der Waals surface area contributed by atoms with Gasteiger partial charge in [0.1, 0.15) is 0 Å². The lowest BCUT2D eigenvalue weighted by atomic mass is 10.2. The van der Waals surface area contributed by atoms with Crippen molar-refractivity contribution in [3.63, 3.8) is 0 Å². The molecule has 0 radical (unpaired) electrons. The molecule has 1 aromatic carbocycles. The van der Waals surface area contributed by atoms with Gasteiger partial charge in [-0.2, -0.15) is 0 Å². The highest BCUT2D eigenvalue weighted by molar-refractivity contribution is 6.33. The molecule has 1 aliphatic heterocycles. The summed E-state index contributed by atoms with van der Waals surface area (Å²) < 4.78 is 0. The lowest BCUT2D eigenvalue weighted by Crippen LogP contribution is -2.48. The van der Waals surface area contributed by atoms with Crippen molar-refractivity contribution in [1.82, 2.24) is 4.90 Å². The highest BCUT2D eigenvalue weighted by Gasteiger charge is 2.20. The molecular weight excluding hydrogens is 252 g/mol. The van der Waals surface area contributed by atoms with E-state index in [-0.39, 0.29) is 12.5 Å². The molecule has 18 heavy (non-hydrogen) atoms. The molecule has 98 valence electrons. The minimum Gasteiger partial charge on any atom is -0.392 e. The van der Waals surface area contributed by atoms with Crippen LogP contribution in [0.4, 0.5) is 5.69 Å². The van der Waals surface area contributed by atoms with Crippen molar-refractivity contribution >= 4 is 23.2 Å². The molecule has 1 aliphatic rings. The van der Waals surface area contributed by atoms with E-state index in [9.17, 15) is 4.79 Å². The molecule has 1 saturated heterocycles. The van der Waals surface area contributed by atoms with Gasteiger partial charge in [0.25, 0.3) is 0 Å². The maximum Gasteiger partial charge on any atom is 0.219 e. The second-order valence-electron chi connectivity index (χ2n) is 4.44. The standard InChI is InChI=1S/C13H17ClN2O2/c1-10(18)15-4-6-16(7-5-15)13-3-2-11(9-17)8-12(13)14/h2-3,8,17H,4-7,9H2,1H3. The summed E-state index contributed by atoms with van der Waals surface area (Å²) in [4.78, 5) is 15.3. The molecule has 0 spiro atoms. The first kappa shape index (κ1) is 13.2. The summed E-state index contributed by atoms with van der Waals surface area (Å²) in [5.41, 5.74) is 1.78. The zero-order chi connectivity index (χ0) is 13.1. The number of hydrogen-bond donors (Lipinski definition) is 1. The fourth-order valence-electron chi connectivity index (χ4n) is 2.17. The Morgan fingerprint density at radius 2 is 2.00 bits per heavy atom. The molecule has 5 heteroatoms. The first-order chi connectivity index (χ1) is 8.61. The molecule has 4 nitrogen and oxygen atoms in total. The first-order valence-electron chi connectivity index (χ1n) is 6.01. The summed E-state index contributed by atoms with van der Waals surface area (Å²) in [6.07, 6.45) is 0. The summed E-state index contributed by atoms with van der Waals surface area (Å²) >= 11 is 6.21. The summed E-state index contributed by atoms with van der Waals surface area (Å²) in [7, 11) is 0. The molecular formula is C13H17ClN2O2. The number of aliphatic hydroxyl groups excluding tert-OH is 1. The second-order valence-corrected chi connectivity index (χ2v) is 4.84. The number of piperazine rings is 1. The van der Waals surface area contributed by atoms with E-state index in [0.717, 1.165) is 37.4 Å². The molecule has 0 bridgehead atoms. The third kappa shape index (κ3) is 2.76. The van der Waals surface area contributed by atoms with E-state index in [1.54, 1.807) is 13.0 Å². The molecule has 1 aromatic rings. The Bertz CT molecular complexity index is 443. The third-order valence-corrected chi connectivity index (χ3v) is 3.56. The van der Waals surface area contributed by atoms with Gasteiger partial charge in [0, 0.05) is 33.1 Å². The van der Waals surface area contributed by atoms with Crippen LogP contribution < -0.4 is 4.90 Å². The van der Waals surface area contributed by atoms with Crippen molar-refractivity contribution in [1.29, 1.82) is 0 Å². The minimum absolute atomic E-state index is 0.00187. The monoisotopic (exact) mass is 268 g/mol. The fraction of sp³-hybridized carbons (Fsp3) is 0.462. The largest absolute Gasteiger partial charge is 0.392 e. The topological polar surface area (TPSA) is 43.8 Å². The summed E-state index contributed by atoms with van der Waals surface area (Å²) in [6, 6.07) is 5.59. The van der Waals surface area contributed by atoms with Crippen LogP contribution in [0.5, 0.6) is 0 Å². The van der Waals surface area contributed by atoms with Crippen molar-refractivity contribution in [2.45, 2.75) is 13.5 Å². The van der Waals surface area contributed by atoms with E-state index in [4.69, 9.17) is 16.7 Å². The normalized spacial score (nSPS) is 15.9. The van der Waals surface area contributed by atoms with Gasteiger partial charge in [0.05, 0.1) is 17.3 Å². The van der Waals surface area contributed by atoms with Gasteiger partial charge in [-0.15, -0.1) is 0 Å². The Kier molecular flexibility index (Phi) is 4.09. The summed E-state index contributed by atoms with van der Waals surface area (Å²) in [5.74, 6) is 0.122. The molecule has 0 atom stereocenters. The van der Waals surface area contributed by atoms with Gasteiger partial charge in [-0.1, -0.05) is 17.7 Å². The van der Waals surface area contributed by atoms with Gasteiger partial charge in [-0.05, 0) is 17.7 Å². The van der Waals surface area contributed by atoms with Crippen molar-refractivity contribution in [2.24, 2.45) is 0 Å². The van der Waals surface area contributed by atoms with Gasteiger partial charge in [0.15, 0.2) is 0 Å². The average Bonchev–Trinajstić information content (AvgIpc) is 2.38. The van der Waals surface area contributed by atoms with E-state index in [1.807, 2.05) is 17.0 Å². The van der Waals surface area contributed by atoms with E-state index in [0.29, 0.717) is 5.02 Å². The van der Waals surface area contributed by atoms with Gasteiger partial charge in [-0.3, -0.25) is 4.79 Å². The maximum atomic E-state index is 11.2. The highest BCUT2D eigenvalue weighted by Crippen LogP contribution is 2.27. The molecule has 1 heterocycles. The van der Waals surface area contributed by atoms with Gasteiger partial charge in [0.2, 0.25) is 5.91 Å². The number of benzene rings is 1. The number of rotatable bonds is 2. The molecule has 0 aromatic heterocycles. The van der Waals surface area contributed by atoms with E-state index < -0.39 is 0 Å². The second kappa shape index (κ2) is 5.59. The lowest BCUT2D eigenvalue weighted by molar-refractivity contribution is -0.129. The number of amides is 1. The van der Waals surface area contributed by atoms with E-state index in [1.165, 1.54) is 0 Å². The average molecular weight is 269 g/mol. The quantitative estimate of drug-likeness (QED) is 0.884. The molecule has 0 saturated carbocycles. The van der Waals surface area contributed by atoms with Crippen LogP contribution in [0.2, 0.25) is 5.02 Å². The minimum atomic E-state index is -0.00187. The SMILES string of the molecule is CC(=O)N1CCN(c2ccc(CO)cc2Cl)CC1. The van der Waals surface area contributed by atoms with Crippen LogP contribution in [0, 0.1) is 0 Å². The predicted octanol–water partition coefficient (Wildman–Crippen LogP) is 1.50. The van der Waals surface area contributed by atoms with Crippen LogP contribution in [0.25, 0.3) is 0 Å². The summed E-state index contributed by atoms with van der Waals surface area (Å²) in [5, 5.41) is 9.69. The van der Waals surface area contributed by atoms with Crippen LogP contribution in [-0.2, 0) is 11.4 Å². The number of carbonyl (C=O) groups is 1. The Hall–Kier alpha value is -1.26. The summed E-state index contributed by atoms with van der Waals surface area (Å²) in [6.45, 7) is 4.63. The molecule has 0 aliphatic carbocycles. The van der Waals surface area contributed by atoms with E-state index >= 15 is 0 Å². The van der Waals surface area contributed by atoms with Crippen LogP contribution in [-0.4, -0.2) is 42.1 Å². The van der Waals surface area contributed by atoms with E-state index in [2.05, 4.69) is 4.90 Å². The van der Waals surface area contributed by atoms with Crippen LogP contribution in [0.1, 0.15) is 12.5 Å². The van der Waals surface area contributed by atoms with Crippen molar-refractivity contribution in [3.05, 3.63) is 28.8 Å². The lowest BCUT2D eigenvalue weighted by Gasteiger charge is -2.36. The number of aliphatic hydroxyl groups is 1. The zero-order valence-electron chi connectivity index (χ0n) is 10.4. The zero-order valence-corrected chi connectivity index (χ0v) is 11.2. The predicted molar refractivity (Wildman–Crippen MR) is 71.8 cm³/mol. The third-order valence-electron chi connectivity index (χ3n) is 3.26. The van der Waals surface area contributed by atoms with Gasteiger partial charge >= 0.3 is 0 Å². The Labute approximate surface area is 112 Å². The maximum absolute atomic E-state index is 11.2. The number of hydrogen-bond acceptors (Lipinski definition) is 3. The molecule has 0 unspecified atom stereocenters. The van der Waals surface area contributed by atoms with Crippen molar-refractivity contribution in [2.75, 3.05) is 31.1 Å². The van der Waals surface area contributed by atoms with Crippen molar-refractivity contribution < 1.29 is 9.90 Å². The van der Waals surface area contributed by atoms with Gasteiger partial charge in [-0.25, -0.2) is 0 Å². The molecule has 1 N–H and O–H groups in total. The van der Waals surface area contributed by atoms with Crippen LogP contribution in [0.15, 0.2) is 18.2 Å². The van der Waals surface area contributed by atoms with Crippen molar-refractivity contribution in [3.8, 4) is 0 Å². The Balaban J connectivity index is 2.07. The smallest absolute Gasteiger partial charge is 0.219 e. The molecule has 1 fully saturated rings. The number of anilines is 1. The highest BCUT2D eigenvalue weighted by atomic mass is 35.5. The Morgan fingerprint density at radius 1 is 1.33 bits per heavy atom. The van der Waals surface area contributed by atoms with Crippen LogP contribution >= 0.6 is 11.6 Å².